The molecule has 150 valence electrons. The number of hydrogen-bond acceptors (Lipinski definition) is 4. The Labute approximate surface area is 173 Å². The monoisotopic (exact) mass is 414 g/mol. The van der Waals surface area contributed by atoms with Crippen LogP contribution in [0, 0.1) is 5.82 Å². The Morgan fingerprint density at radius 3 is 2.79 bits per heavy atom. The first-order valence-electron chi connectivity index (χ1n) is 9.00. The van der Waals surface area contributed by atoms with Crippen LogP contribution in [0.25, 0.3) is 6.08 Å². The topological polar surface area (TPSA) is 53.4 Å². The molecule has 0 atom stereocenters. The van der Waals surface area contributed by atoms with Gasteiger partial charge in [0.05, 0.1) is 12.1 Å². The van der Waals surface area contributed by atoms with Crippen molar-refractivity contribution in [3.63, 3.8) is 0 Å². The molecule has 0 aliphatic carbocycles. The van der Waals surface area contributed by atoms with E-state index in [0.717, 1.165) is 11.1 Å². The number of allylic oxidation sites excluding steroid dienone is 1. The molecule has 0 spiro atoms. The number of carbonyl (C=O) groups is 1. The number of ketones is 1. The first-order valence-corrected chi connectivity index (χ1v) is 9.38. The lowest BCUT2D eigenvalue weighted by Crippen LogP contribution is -2.07. The summed E-state index contributed by atoms with van der Waals surface area (Å²) in [5.74, 6) is 0.463. The molecule has 3 rings (SSSR count). The van der Waals surface area contributed by atoms with E-state index >= 15 is 0 Å². The fourth-order valence-electron chi connectivity index (χ4n) is 2.79. The van der Waals surface area contributed by atoms with Crippen molar-refractivity contribution in [1.82, 2.24) is 9.78 Å². The summed E-state index contributed by atoms with van der Waals surface area (Å²) in [5.41, 5.74) is 2.13. The molecule has 0 fully saturated rings. The van der Waals surface area contributed by atoms with Crippen LogP contribution >= 0.6 is 11.6 Å². The molecular formula is C22H20ClFN2O3. The van der Waals surface area contributed by atoms with E-state index in [2.05, 4.69) is 5.10 Å². The highest BCUT2D eigenvalue weighted by molar-refractivity contribution is 6.30. The van der Waals surface area contributed by atoms with Crippen molar-refractivity contribution in [2.75, 3.05) is 7.11 Å². The number of rotatable bonds is 8. The smallest absolute Gasteiger partial charge is 0.203 e. The zero-order valence-corrected chi connectivity index (χ0v) is 16.8. The number of methoxy groups -OCH3 is 1. The third kappa shape index (κ3) is 5.03. The SMILES string of the molecule is CCn1nccc1C(=O)/C=C/c1ccc(OC)c(COc2ccc(F)c(Cl)c2)c1. The second-order valence-electron chi connectivity index (χ2n) is 6.17. The summed E-state index contributed by atoms with van der Waals surface area (Å²) in [7, 11) is 1.57. The van der Waals surface area contributed by atoms with Crippen LogP contribution in [-0.4, -0.2) is 22.7 Å². The summed E-state index contributed by atoms with van der Waals surface area (Å²) in [4.78, 5) is 12.4. The largest absolute Gasteiger partial charge is 0.496 e. The number of carbonyl (C=O) groups excluding carboxylic acids is 1. The molecule has 0 amide bonds. The molecule has 7 heteroatoms. The van der Waals surface area contributed by atoms with E-state index in [1.54, 1.807) is 36.2 Å². The van der Waals surface area contributed by atoms with E-state index < -0.39 is 5.82 Å². The molecule has 0 saturated heterocycles. The Hall–Kier alpha value is -3.12. The Balaban J connectivity index is 1.75. The second-order valence-corrected chi connectivity index (χ2v) is 6.57. The Bertz CT molecular complexity index is 1050. The summed E-state index contributed by atoms with van der Waals surface area (Å²) in [5, 5.41) is 4.10. The first-order chi connectivity index (χ1) is 14.0. The number of nitrogens with zero attached hydrogens (tertiary/aromatic N) is 2. The average Bonchev–Trinajstić information content (AvgIpc) is 3.22. The standard InChI is InChI=1S/C22H20ClFN2O3/c1-3-26-20(10-11-25-26)21(27)8-4-15-5-9-22(28-2)16(12-15)14-29-17-6-7-19(24)18(23)13-17/h4-13H,3,14H2,1-2H3/b8-4+. The molecule has 0 bridgehead atoms. The molecular weight excluding hydrogens is 395 g/mol. The van der Waals surface area contributed by atoms with E-state index in [4.69, 9.17) is 21.1 Å². The predicted molar refractivity (Wildman–Crippen MR) is 110 cm³/mol. The van der Waals surface area contributed by atoms with Gasteiger partial charge in [0.15, 0.2) is 0 Å². The molecule has 0 radical (unpaired) electrons. The van der Waals surface area contributed by atoms with Crippen molar-refractivity contribution in [1.29, 1.82) is 0 Å². The average molecular weight is 415 g/mol. The van der Waals surface area contributed by atoms with Gasteiger partial charge in [-0.3, -0.25) is 9.48 Å². The lowest BCUT2D eigenvalue weighted by atomic mass is 10.1. The van der Waals surface area contributed by atoms with Gasteiger partial charge in [0.25, 0.3) is 0 Å². The Kier molecular flexibility index (Phi) is 6.67. The van der Waals surface area contributed by atoms with Gasteiger partial charge in [-0.2, -0.15) is 5.10 Å². The molecule has 3 aromatic rings. The number of ether oxygens (including phenoxy) is 2. The fraction of sp³-hybridized carbons (Fsp3) is 0.182. The number of hydrogen-bond donors (Lipinski definition) is 0. The highest BCUT2D eigenvalue weighted by atomic mass is 35.5. The van der Waals surface area contributed by atoms with Crippen molar-refractivity contribution < 1.29 is 18.7 Å². The minimum atomic E-state index is -0.502. The lowest BCUT2D eigenvalue weighted by Gasteiger charge is -2.11. The maximum atomic E-state index is 13.3. The van der Waals surface area contributed by atoms with Gasteiger partial charge in [-0.25, -0.2) is 4.39 Å². The molecule has 2 aromatic carbocycles. The number of halogens is 2. The van der Waals surface area contributed by atoms with Gasteiger partial charge >= 0.3 is 0 Å². The second kappa shape index (κ2) is 9.39. The van der Waals surface area contributed by atoms with Gasteiger partial charge < -0.3 is 9.47 Å². The zero-order valence-electron chi connectivity index (χ0n) is 16.1. The van der Waals surface area contributed by atoms with E-state index in [1.165, 1.54) is 24.3 Å². The van der Waals surface area contributed by atoms with Crippen LogP contribution in [0.4, 0.5) is 4.39 Å². The fourth-order valence-corrected chi connectivity index (χ4v) is 2.96. The van der Waals surface area contributed by atoms with Crippen LogP contribution in [0.1, 0.15) is 28.5 Å². The minimum absolute atomic E-state index is 0.00372. The molecule has 5 nitrogen and oxygen atoms in total. The maximum Gasteiger partial charge on any atom is 0.203 e. The molecule has 1 aromatic heterocycles. The molecule has 0 N–H and O–H groups in total. The van der Waals surface area contributed by atoms with Crippen molar-refractivity contribution in [3.05, 3.63) is 82.4 Å². The normalized spacial score (nSPS) is 11.0. The maximum absolute atomic E-state index is 13.3. The number of aryl methyl sites for hydroxylation is 1. The lowest BCUT2D eigenvalue weighted by molar-refractivity contribution is 0.103. The van der Waals surface area contributed by atoms with Crippen LogP contribution < -0.4 is 9.47 Å². The van der Waals surface area contributed by atoms with Crippen molar-refractivity contribution >= 4 is 23.5 Å². The van der Waals surface area contributed by atoms with Gasteiger partial charge in [-0.15, -0.1) is 0 Å². The van der Waals surface area contributed by atoms with E-state index in [-0.39, 0.29) is 17.4 Å². The van der Waals surface area contributed by atoms with Crippen molar-refractivity contribution in [2.24, 2.45) is 0 Å². The summed E-state index contributed by atoms with van der Waals surface area (Å²) in [6.07, 6.45) is 4.84. The van der Waals surface area contributed by atoms with E-state index in [1.807, 2.05) is 19.1 Å². The van der Waals surface area contributed by atoms with E-state index in [9.17, 15) is 9.18 Å². The molecule has 29 heavy (non-hydrogen) atoms. The predicted octanol–water partition coefficient (Wildman–Crippen LogP) is 5.18. The van der Waals surface area contributed by atoms with Gasteiger partial charge in [0.2, 0.25) is 5.78 Å². The van der Waals surface area contributed by atoms with Crippen LogP contribution in [0.3, 0.4) is 0 Å². The van der Waals surface area contributed by atoms with Crippen LogP contribution in [0.2, 0.25) is 5.02 Å². The van der Waals surface area contributed by atoms with Crippen LogP contribution in [0.5, 0.6) is 11.5 Å². The highest BCUT2D eigenvalue weighted by Gasteiger charge is 2.09. The first kappa shape index (κ1) is 20.6. The third-order valence-corrected chi connectivity index (χ3v) is 4.58. The van der Waals surface area contributed by atoms with Crippen LogP contribution in [-0.2, 0) is 13.2 Å². The van der Waals surface area contributed by atoms with Gasteiger partial charge in [0, 0.05) is 24.4 Å². The van der Waals surface area contributed by atoms with Crippen molar-refractivity contribution in [2.45, 2.75) is 20.1 Å². The summed E-state index contributed by atoms with van der Waals surface area (Å²) in [6, 6.07) is 11.4. The zero-order chi connectivity index (χ0) is 20.8. The Morgan fingerprint density at radius 2 is 2.07 bits per heavy atom. The summed E-state index contributed by atoms with van der Waals surface area (Å²) < 4.78 is 26.0. The van der Waals surface area contributed by atoms with E-state index in [0.29, 0.717) is 23.7 Å². The number of benzene rings is 2. The molecule has 1 heterocycles. The van der Waals surface area contributed by atoms with Gasteiger partial charge in [0.1, 0.15) is 29.6 Å². The van der Waals surface area contributed by atoms with Gasteiger partial charge in [-0.1, -0.05) is 23.7 Å². The third-order valence-electron chi connectivity index (χ3n) is 4.29. The van der Waals surface area contributed by atoms with Gasteiger partial charge in [-0.05, 0) is 48.9 Å². The minimum Gasteiger partial charge on any atom is -0.496 e. The molecule has 0 unspecified atom stereocenters. The summed E-state index contributed by atoms with van der Waals surface area (Å²) in [6.45, 7) is 2.75. The number of aromatic nitrogens is 2. The molecule has 0 aliphatic rings. The molecule has 0 aliphatic heterocycles. The highest BCUT2D eigenvalue weighted by Crippen LogP contribution is 2.25. The van der Waals surface area contributed by atoms with Crippen molar-refractivity contribution in [3.8, 4) is 11.5 Å². The quantitative estimate of drug-likeness (QED) is 0.376. The summed E-state index contributed by atoms with van der Waals surface area (Å²) >= 11 is 5.79. The molecule has 0 saturated carbocycles. The van der Waals surface area contributed by atoms with Crippen LogP contribution in [0.15, 0.2) is 54.7 Å². The Morgan fingerprint density at radius 1 is 1.24 bits per heavy atom.